The molecule has 1 fully saturated rings. The Morgan fingerprint density at radius 2 is 1.52 bits per heavy atom. The molecular weight excluding hydrogens is 348 g/mol. The maximum absolute atomic E-state index is 12.8. The van der Waals surface area contributed by atoms with Gasteiger partial charge in [0.1, 0.15) is 0 Å². The van der Waals surface area contributed by atoms with Gasteiger partial charge in [-0.25, -0.2) is 4.79 Å². The molecule has 1 heterocycles. The molecule has 7 heteroatoms. The molecule has 1 aliphatic heterocycles. The van der Waals surface area contributed by atoms with Crippen molar-refractivity contribution in [3.05, 3.63) is 53.6 Å². The first-order valence-corrected chi connectivity index (χ1v) is 8.63. The summed E-state index contributed by atoms with van der Waals surface area (Å²) in [6.07, 6.45) is 0. The molecule has 1 aliphatic rings. The minimum atomic E-state index is -1.09. The Kier molecular flexibility index (Phi) is 5.49. The Morgan fingerprint density at radius 3 is 2.11 bits per heavy atom. The number of ether oxygens (including phenoxy) is 2. The Labute approximate surface area is 157 Å². The smallest absolute Gasteiger partial charge is 0.336 e. The number of carbonyl (C=O) groups excluding carboxylic acids is 1. The minimum absolute atomic E-state index is 0.0322. The predicted molar refractivity (Wildman–Crippen MR) is 101 cm³/mol. The number of methoxy groups -OCH3 is 2. The number of carboxylic acid groups (broad SMARTS) is 1. The largest absolute Gasteiger partial charge is 0.493 e. The molecule has 0 unspecified atom stereocenters. The number of benzene rings is 2. The van der Waals surface area contributed by atoms with Gasteiger partial charge < -0.3 is 24.4 Å². The van der Waals surface area contributed by atoms with Gasteiger partial charge in [-0.1, -0.05) is 12.1 Å². The molecule has 3 rings (SSSR count). The van der Waals surface area contributed by atoms with Gasteiger partial charge in [-0.2, -0.15) is 0 Å². The second-order valence-electron chi connectivity index (χ2n) is 6.17. The van der Waals surface area contributed by atoms with Gasteiger partial charge in [0.25, 0.3) is 5.91 Å². The summed E-state index contributed by atoms with van der Waals surface area (Å²) < 4.78 is 10.6. The van der Waals surface area contributed by atoms with E-state index in [1.807, 2.05) is 18.2 Å². The van der Waals surface area contributed by atoms with Gasteiger partial charge in [0.15, 0.2) is 11.5 Å². The van der Waals surface area contributed by atoms with Crippen molar-refractivity contribution in [2.45, 2.75) is 0 Å². The molecule has 1 N–H and O–H groups in total. The highest BCUT2D eigenvalue weighted by molar-refractivity contribution is 6.04. The molecule has 1 amide bonds. The van der Waals surface area contributed by atoms with E-state index in [2.05, 4.69) is 4.90 Å². The number of piperazine rings is 1. The number of hydrogen-bond acceptors (Lipinski definition) is 5. The summed E-state index contributed by atoms with van der Waals surface area (Å²) in [6, 6.07) is 12.0. The number of amides is 1. The van der Waals surface area contributed by atoms with Crippen molar-refractivity contribution in [3.63, 3.8) is 0 Å². The molecule has 0 aromatic heterocycles. The van der Waals surface area contributed by atoms with Gasteiger partial charge in [0.05, 0.1) is 25.3 Å². The third-order valence-corrected chi connectivity index (χ3v) is 4.69. The van der Waals surface area contributed by atoms with E-state index >= 15 is 0 Å². The van der Waals surface area contributed by atoms with E-state index in [0.29, 0.717) is 37.7 Å². The highest BCUT2D eigenvalue weighted by Gasteiger charge is 2.25. The van der Waals surface area contributed by atoms with Crippen molar-refractivity contribution in [2.75, 3.05) is 45.3 Å². The summed E-state index contributed by atoms with van der Waals surface area (Å²) in [5.41, 5.74) is 1.25. The van der Waals surface area contributed by atoms with Crippen LogP contribution in [-0.4, -0.2) is 62.3 Å². The zero-order valence-corrected chi connectivity index (χ0v) is 15.3. The van der Waals surface area contributed by atoms with Gasteiger partial charge in [0.2, 0.25) is 0 Å². The predicted octanol–water partition coefficient (Wildman–Crippen LogP) is 2.36. The number of aromatic carboxylic acids is 1. The van der Waals surface area contributed by atoms with Gasteiger partial charge in [0, 0.05) is 37.9 Å². The van der Waals surface area contributed by atoms with Gasteiger partial charge in [-0.05, 0) is 24.3 Å². The van der Waals surface area contributed by atoms with Crippen LogP contribution in [0.3, 0.4) is 0 Å². The first kappa shape index (κ1) is 18.6. The maximum Gasteiger partial charge on any atom is 0.336 e. The molecule has 0 bridgehead atoms. The highest BCUT2D eigenvalue weighted by atomic mass is 16.5. The first-order valence-electron chi connectivity index (χ1n) is 8.63. The van der Waals surface area contributed by atoms with Crippen LogP contribution in [-0.2, 0) is 0 Å². The monoisotopic (exact) mass is 370 g/mol. The van der Waals surface area contributed by atoms with Crippen molar-refractivity contribution in [2.24, 2.45) is 0 Å². The molecule has 27 heavy (non-hydrogen) atoms. The number of anilines is 1. The van der Waals surface area contributed by atoms with Crippen molar-refractivity contribution in [1.29, 1.82) is 0 Å². The van der Waals surface area contributed by atoms with Crippen LogP contribution >= 0.6 is 0 Å². The van der Waals surface area contributed by atoms with Gasteiger partial charge in [-0.15, -0.1) is 0 Å². The summed E-state index contributed by atoms with van der Waals surface area (Å²) in [7, 11) is 3.19. The average molecular weight is 370 g/mol. The SMILES string of the molecule is COc1ccc(N2CCN(C(=O)c3ccccc3C(=O)O)CC2)cc1OC. The van der Waals surface area contributed by atoms with Gasteiger partial charge >= 0.3 is 5.97 Å². The lowest BCUT2D eigenvalue weighted by Gasteiger charge is -2.36. The third-order valence-electron chi connectivity index (χ3n) is 4.69. The molecule has 2 aromatic carbocycles. The Morgan fingerprint density at radius 1 is 0.889 bits per heavy atom. The number of carboxylic acids is 1. The van der Waals surface area contributed by atoms with Crippen LogP contribution < -0.4 is 14.4 Å². The summed E-state index contributed by atoms with van der Waals surface area (Å²) in [4.78, 5) is 28.0. The zero-order chi connectivity index (χ0) is 19.4. The Hall–Kier alpha value is -3.22. The molecule has 142 valence electrons. The summed E-state index contributed by atoms with van der Waals surface area (Å²) in [5.74, 6) is -0.0212. The van der Waals surface area contributed by atoms with Crippen molar-refractivity contribution in [1.82, 2.24) is 4.90 Å². The standard InChI is InChI=1S/C20H22N2O5/c1-26-17-8-7-14(13-18(17)27-2)21-9-11-22(12-10-21)19(23)15-5-3-4-6-16(15)20(24)25/h3-8,13H,9-12H2,1-2H3,(H,24,25). The highest BCUT2D eigenvalue weighted by Crippen LogP contribution is 2.32. The average Bonchev–Trinajstić information content (AvgIpc) is 2.72. The van der Waals surface area contributed by atoms with Gasteiger partial charge in [-0.3, -0.25) is 4.79 Å². The number of rotatable bonds is 5. The number of nitrogens with zero attached hydrogens (tertiary/aromatic N) is 2. The molecule has 7 nitrogen and oxygen atoms in total. The normalized spacial score (nSPS) is 14.0. The lowest BCUT2D eigenvalue weighted by molar-refractivity contribution is 0.0673. The van der Waals surface area contributed by atoms with E-state index in [9.17, 15) is 14.7 Å². The molecule has 2 aromatic rings. The van der Waals surface area contributed by atoms with Crippen LogP contribution in [0.5, 0.6) is 11.5 Å². The minimum Gasteiger partial charge on any atom is -0.493 e. The zero-order valence-electron chi connectivity index (χ0n) is 15.3. The molecule has 0 radical (unpaired) electrons. The maximum atomic E-state index is 12.8. The first-order chi connectivity index (χ1) is 13.0. The fourth-order valence-electron chi connectivity index (χ4n) is 3.22. The number of carbonyl (C=O) groups is 2. The lowest BCUT2D eigenvalue weighted by Crippen LogP contribution is -2.49. The Bertz CT molecular complexity index is 844. The van der Waals surface area contributed by atoms with Crippen LogP contribution in [0.15, 0.2) is 42.5 Å². The van der Waals surface area contributed by atoms with Crippen LogP contribution in [0, 0.1) is 0 Å². The fraction of sp³-hybridized carbons (Fsp3) is 0.300. The lowest BCUT2D eigenvalue weighted by atomic mass is 10.1. The molecular formula is C20H22N2O5. The van der Waals surface area contributed by atoms with Crippen LogP contribution in [0.4, 0.5) is 5.69 Å². The second kappa shape index (κ2) is 7.99. The second-order valence-corrected chi connectivity index (χ2v) is 6.17. The molecule has 0 spiro atoms. The molecule has 1 saturated heterocycles. The van der Waals surface area contributed by atoms with E-state index in [1.54, 1.807) is 37.3 Å². The molecule has 0 aliphatic carbocycles. The molecule has 0 saturated carbocycles. The van der Waals surface area contributed by atoms with E-state index in [4.69, 9.17) is 9.47 Å². The van der Waals surface area contributed by atoms with E-state index in [0.717, 1.165) is 5.69 Å². The summed E-state index contributed by atoms with van der Waals surface area (Å²) >= 11 is 0. The third kappa shape index (κ3) is 3.81. The van der Waals surface area contributed by atoms with Crippen LogP contribution in [0.1, 0.15) is 20.7 Å². The van der Waals surface area contributed by atoms with E-state index in [-0.39, 0.29) is 17.0 Å². The summed E-state index contributed by atoms with van der Waals surface area (Å²) in [6.45, 7) is 2.33. The number of hydrogen-bond donors (Lipinski definition) is 1. The van der Waals surface area contributed by atoms with E-state index in [1.165, 1.54) is 6.07 Å². The van der Waals surface area contributed by atoms with Crippen LogP contribution in [0.25, 0.3) is 0 Å². The quantitative estimate of drug-likeness (QED) is 0.870. The fourth-order valence-corrected chi connectivity index (χ4v) is 3.22. The van der Waals surface area contributed by atoms with Crippen molar-refractivity contribution >= 4 is 17.6 Å². The topological polar surface area (TPSA) is 79.3 Å². The molecule has 0 atom stereocenters. The van der Waals surface area contributed by atoms with Crippen molar-refractivity contribution in [3.8, 4) is 11.5 Å². The summed E-state index contributed by atoms with van der Waals surface area (Å²) in [5, 5.41) is 9.29. The van der Waals surface area contributed by atoms with Crippen molar-refractivity contribution < 1.29 is 24.2 Å². The van der Waals surface area contributed by atoms with Crippen LogP contribution in [0.2, 0.25) is 0 Å². The Balaban J connectivity index is 1.71. The van der Waals surface area contributed by atoms with E-state index < -0.39 is 5.97 Å².